The van der Waals surface area contributed by atoms with Crippen LogP contribution in [-0.2, 0) is 0 Å². The third-order valence-electron chi connectivity index (χ3n) is 3.37. The summed E-state index contributed by atoms with van der Waals surface area (Å²) < 4.78 is 13.5. The molecule has 0 spiro atoms. The molecule has 0 amide bonds. The van der Waals surface area contributed by atoms with Crippen LogP contribution in [0.1, 0.15) is 20.3 Å². The standard InChI is InChI=1S/C8H13FO/c1-4-3-5-6(7(5)10)8(4,2)9/h4-7,10H,3H2,1-2H3/t4-,5+,6?,7?,8+/m1/s1. The molecule has 2 aliphatic rings. The topological polar surface area (TPSA) is 20.2 Å². The van der Waals surface area contributed by atoms with Gasteiger partial charge in [0, 0.05) is 5.92 Å². The van der Waals surface area contributed by atoms with Gasteiger partial charge in [-0.25, -0.2) is 4.39 Å². The summed E-state index contributed by atoms with van der Waals surface area (Å²) in [5.74, 6) is 0.387. The minimum absolute atomic E-state index is 0.0394. The zero-order valence-corrected chi connectivity index (χ0v) is 6.34. The van der Waals surface area contributed by atoms with E-state index in [1.165, 1.54) is 0 Å². The van der Waals surface area contributed by atoms with Crippen molar-refractivity contribution >= 4 is 0 Å². The van der Waals surface area contributed by atoms with Crippen molar-refractivity contribution < 1.29 is 9.50 Å². The van der Waals surface area contributed by atoms with Crippen LogP contribution in [0.15, 0.2) is 0 Å². The SMILES string of the molecule is C[C@@H]1C[C@@H]2C(O)C2[C@@]1(C)F. The molecule has 2 aliphatic carbocycles. The van der Waals surface area contributed by atoms with Gasteiger partial charge in [0.05, 0.1) is 6.10 Å². The molecule has 2 fully saturated rings. The molecule has 2 saturated carbocycles. The minimum Gasteiger partial charge on any atom is -0.392 e. The Balaban J connectivity index is 2.19. The van der Waals surface area contributed by atoms with E-state index in [0.717, 1.165) is 6.42 Å². The van der Waals surface area contributed by atoms with Crippen LogP contribution in [0, 0.1) is 17.8 Å². The number of hydrogen-bond acceptors (Lipinski definition) is 1. The number of halogens is 1. The summed E-state index contributed by atoms with van der Waals surface area (Å²) in [4.78, 5) is 0. The fourth-order valence-corrected chi connectivity index (χ4v) is 2.36. The highest BCUT2D eigenvalue weighted by Crippen LogP contribution is 2.61. The predicted molar refractivity (Wildman–Crippen MR) is 36.3 cm³/mol. The Morgan fingerprint density at radius 3 is 2.50 bits per heavy atom. The first-order valence-electron chi connectivity index (χ1n) is 3.92. The summed E-state index contributed by atoms with van der Waals surface area (Å²) in [7, 11) is 0. The third kappa shape index (κ3) is 0.559. The first kappa shape index (κ1) is 6.59. The average molecular weight is 144 g/mol. The van der Waals surface area contributed by atoms with Crippen molar-refractivity contribution in [3.05, 3.63) is 0 Å². The molecule has 10 heavy (non-hydrogen) atoms. The minimum atomic E-state index is -1.09. The van der Waals surface area contributed by atoms with Crippen molar-refractivity contribution in [2.24, 2.45) is 17.8 Å². The number of aliphatic hydroxyl groups excluding tert-OH is 1. The van der Waals surface area contributed by atoms with Gasteiger partial charge in [-0.1, -0.05) is 6.92 Å². The van der Waals surface area contributed by atoms with Crippen LogP contribution < -0.4 is 0 Å². The molecule has 58 valence electrons. The van der Waals surface area contributed by atoms with Crippen molar-refractivity contribution in [3.63, 3.8) is 0 Å². The lowest BCUT2D eigenvalue weighted by Gasteiger charge is -2.22. The molecule has 2 rings (SSSR count). The van der Waals surface area contributed by atoms with Gasteiger partial charge in [0.2, 0.25) is 0 Å². The molecule has 0 saturated heterocycles. The molecule has 1 nitrogen and oxygen atoms in total. The Labute approximate surface area is 60.2 Å². The molecule has 5 atom stereocenters. The summed E-state index contributed by atoms with van der Waals surface area (Å²) in [6, 6.07) is 0. The smallest absolute Gasteiger partial charge is 0.116 e. The Hall–Kier alpha value is -0.110. The van der Waals surface area contributed by atoms with Crippen molar-refractivity contribution in [3.8, 4) is 0 Å². The summed E-state index contributed by atoms with van der Waals surface area (Å²) >= 11 is 0. The van der Waals surface area contributed by atoms with Gasteiger partial charge in [0.1, 0.15) is 5.67 Å². The van der Waals surface area contributed by atoms with E-state index in [1.807, 2.05) is 6.92 Å². The van der Waals surface area contributed by atoms with Crippen LogP contribution in [0.4, 0.5) is 4.39 Å². The lowest BCUT2D eigenvalue weighted by atomic mass is 9.91. The Bertz CT molecular complexity index is 167. The summed E-state index contributed by atoms with van der Waals surface area (Å²) in [5.41, 5.74) is -1.09. The lowest BCUT2D eigenvalue weighted by molar-refractivity contribution is 0.0730. The van der Waals surface area contributed by atoms with Crippen LogP contribution in [0.3, 0.4) is 0 Å². The second-order valence-corrected chi connectivity index (χ2v) is 3.97. The van der Waals surface area contributed by atoms with Crippen LogP contribution >= 0.6 is 0 Å². The summed E-state index contributed by atoms with van der Waals surface area (Å²) in [5, 5.41) is 9.16. The van der Waals surface area contributed by atoms with Crippen LogP contribution in [0.25, 0.3) is 0 Å². The number of hydrogen-bond donors (Lipinski definition) is 1. The maximum atomic E-state index is 13.5. The van der Waals surface area contributed by atoms with E-state index in [1.54, 1.807) is 6.92 Å². The fraction of sp³-hybridized carbons (Fsp3) is 1.00. The van der Waals surface area contributed by atoms with Crippen LogP contribution in [-0.4, -0.2) is 16.9 Å². The first-order chi connectivity index (χ1) is 4.55. The molecular weight excluding hydrogens is 131 g/mol. The number of alkyl halides is 1. The van der Waals surface area contributed by atoms with E-state index >= 15 is 0 Å². The second kappa shape index (κ2) is 1.55. The van der Waals surface area contributed by atoms with E-state index in [0.29, 0.717) is 0 Å². The highest BCUT2D eigenvalue weighted by atomic mass is 19.1. The molecule has 0 bridgehead atoms. The molecule has 1 N–H and O–H groups in total. The van der Waals surface area contributed by atoms with Crippen molar-refractivity contribution in [1.29, 1.82) is 0 Å². The van der Waals surface area contributed by atoms with Gasteiger partial charge in [-0.3, -0.25) is 0 Å². The maximum absolute atomic E-state index is 13.5. The number of aliphatic hydroxyl groups is 1. The maximum Gasteiger partial charge on any atom is 0.116 e. The van der Waals surface area contributed by atoms with E-state index in [-0.39, 0.29) is 23.9 Å². The van der Waals surface area contributed by atoms with Crippen molar-refractivity contribution in [2.75, 3.05) is 0 Å². The monoisotopic (exact) mass is 144 g/mol. The van der Waals surface area contributed by atoms with E-state index < -0.39 is 5.67 Å². The van der Waals surface area contributed by atoms with Crippen LogP contribution in [0.2, 0.25) is 0 Å². The molecule has 2 heteroatoms. The van der Waals surface area contributed by atoms with Gasteiger partial charge < -0.3 is 5.11 Å². The predicted octanol–water partition coefficient (Wildman–Crippen LogP) is 1.36. The molecule has 0 aromatic heterocycles. The van der Waals surface area contributed by atoms with Gasteiger partial charge in [-0.05, 0) is 25.2 Å². The normalized spacial score (nSPS) is 66.0. The fourth-order valence-electron chi connectivity index (χ4n) is 2.36. The summed E-state index contributed by atoms with van der Waals surface area (Å²) in [6.07, 6.45) is 0.546. The largest absolute Gasteiger partial charge is 0.392 e. The molecule has 0 aromatic rings. The van der Waals surface area contributed by atoms with Gasteiger partial charge >= 0.3 is 0 Å². The molecule has 0 aromatic carbocycles. The van der Waals surface area contributed by atoms with E-state index in [2.05, 4.69) is 0 Å². The number of rotatable bonds is 0. The summed E-state index contributed by atoms with van der Waals surface area (Å²) in [6.45, 7) is 3.55. The van der Waals surface area contributed by atoms with Gasteiger partial charge in [0.15, 0.2) is 0 Å². The molecular formula is C8H13FO. The number of fused-ring (bicyclic) bond motifs is 1. The average Bonchev–Trinajstić information content (AvgIpc) is 2.34. The highest BCUT2D eigenvalue weighted by molar-refractivity contribution is 5.15. The van der Waals surface area contributed by atoms with Gasteiger partial charge in [-0.15, -0.1) is 0 Å². The van der Waals surface area contributed by atoms with Crippen molar-refractivity contribution in [2.45, 2.75) is 32.0 Å². The lowest BCUT2D eigenvalue weighted by Crippen LogP contribution is -2.28. The Kier molecular flexibility index (Phi) is 1.02. The molecule has 0 radical (unpaired) electrons. The van der Waals surface area contributed by atoms with E-state index in [9.17, 15) is 4.39 Å². The van der Waals surface area contributed by atoms with Gasteiger partial charge in [-0.2, -0.15) is 0 Å². The van der Waals surface area contributed by atoms with Crippen molar-refractivity contribution in [1.82, 2.24) is 0 Å². The zero-order chi connectivity index (χ0) is 7.52. The van der Waals surface area contributed by atoms with E-state index in [4.69, 9.17) is 5.11 Å². The van der Waals surface area contributed by atoms with Gasteiger partial charge in [0.25, 0.3) is 0 Å². The highest BCUT2D eigenvalue weighted by Gasteiger charge is 2.67. The quantitative estimate of drug-likeness (QED) is 0.544. The zero-order valence-electron chi connectivity index (χ0n) is 6.34. The molecule has 0 aliphatic heterocycles. The third-order valence-corrected chi connectivity index (χ3v) is 3.37. The van der Waals surface area contributed by atoms with Crippen LogP contribution in [0.5, 0.6) is 0 Å². The molecule has 2 unspecified atom stereocenters. The molecule has 0 heterocycles. The Morgan fingerprint density at radius 2 is 2.20 bits per heavy atom. The Morgan fingerprint density at radius 1 is 1.60 bits per heavy atom. The second-order valence-electron chi connectivity index (χ2n) is 3.97. The first-order valence-corrected chi connectivity index (χ1v) is 3.92.